The highest BCUT2D eigenvalue weighted by atomic mass is 35.5. The Morgan fingerprint density at radius 2 is 1.68 bits per heavy atom. The molecular formula is C32H28ClN3O3S. The van der Waals surface area contributed by atoms with Crippen molar-refractivity contribution in [1.29, 1.82) is 0 Å². The number of hydrogen-bond acceptors (Lipinski definition) is 4. The predicted octanol–water partition coefficient (Wildman–Crippen LogP) is 6.77. The Hall–Kier alpha value is -4.20. The second-order valence-corrected chi connectivity index (χ2v) is 10.6. The highest BCUT2D eigenvalue weighted by molar-refractivity contribution is 7.80. The number of thiocarbonyl (C=S) groups is 1. The molecule has 1 saturated heterocycles. The molecule has 1 aliphatic rings. The molecule has 40 heavy (non-hydrogen) atoms. The van der Waals surface area contributed by atoms with Crippen molar-refractivity contribution in [2.24, 2.45) is 0 Å². The third kappa shape index (κ3) is 5.30. The Morgan fingerprint density at radius 3 is 2.40 bits per heavy atom. The number of carbonyl (C=O) groups is 2. The normalized spacial score (nSPS) is 14.6. The smallest absolute Gasteiger partial charge is 0.270 e. The highest BCUT2D eigenvalue weighted by Gasteiger charge is 2.35. The lowest BCUT2D eigenvalue weighted by atomic mass is 10.0. The summed E-state index contributed by atoms with van der Waals surface area (Å²) in [5.41, 5.74) is 7.02. The van der Waals surface area contributed by atoms with Crippen LogP contribution in [0.1, 0.15) is 33.6 Å². The third-order valence-electron chi connectivity index (χ3n) is 6.92. The van der Waals surface area contributed by atoms with E-state index in [9.17, 15) is 9.59 Å². The largest absolute Gasteiger partial charge is 0.489 e. The average molecular weight is 570 g/mol. The van der Waals surface area contributed by atoms with Gasteiger partial charge in [-0.1, -0.05) is 41.9 Å². The molecule has 0 atom stereocenters. The van der Waals surface area contributed by atoms with Gasteiger partial charge in [-0.15, -0.1) is 0 Å². The minimum atomic E-state index is -0.513. The molecule has 1 fully saturated rings. The number of aryl methyl sites for hydroxylation is 3. The lowest BCUT2D eigenvalue weighted by Gasteiger charge is -2.30. The van der Waals surface area contributed by atoms with Gasteiger partial charge in [0.2, 0.25) is 0 Å². The van der Waals surface area contributed by atoms with Gasteiger partial charge >= 0.3 is 0 Å². The minimum Gasteiger partial charge on any atom is -0.489 e. The fraction of sp³-hybridized carbons (Fsp3) is 0.156. The van der Waals surface area contributed by atoms with Gasteiger partial charge in [-0.05, 0) is 105 Å². The van der Waals surface area contributed by atoms with E-state index in [0.29, 0.717) is 17.3 Å². The molecule has 0 bridgehead atoms. The highest BCUT2D eigenvalue weighted by Crippen LogP contribution is 2.29. The van der Waals surface area contributed by atoms with E-state index in [1.165, 1.54) is 4.90 Å². The Labute approximate surface area is 243 Å². The van der Waals surface area contributed by atoms with Gasteiger partial charge in [0.25, 0.3) is 11.8 Å². The van der Waals surface area contributed by atoms with Crippen molar-refractivity contribution in [1.82, 2.24) is 9.88 Å². The molecule has 6 nitrogen and oxygen atoms in total. The van der Waals surface area contributed by atoms with Crippen LogP contribution >= 0.6 is 23.8 Å². The van der Waals surface area contributed by atoms with Crippen molar-refractivity contribution in [2.45, 2.75) is 34.3 Å². The van der Waals surface area contributed by atoms with Crippen molar-refractivity contribution >= 4 is 52.5 Å². The molecule has 202 valence electrons. The lowest BCUT2D eigenvalue weighted by molar-refractivity contribution is -0.122. The summed E-state index contributed by atoms with van der Waals surface area (Å²) >= 11 is 11.6. The predicted molar refractivity (Wildman–Crippen MR) is 163 cm³/mol. The van der Waals surface area contributed by atoms with Crippen LogP contribution in [0.15, 0.2) is 78.4 Å². The monoisotopic (exact) mass is 569 g/mol. The quantitative estimate of drug-likeness (QED) is 0.158. The van der Waals surface area contributed by atoms with Crippen LogP contribution < -0.4 is 15.0 Å². The summed E-state index contributed by atoms with van der Waals surface area (Å²) in [5, 5.41) is 3.42. The van der Waals surface area contributed by atoms with Crippen molar-refractivity contribution < 1.29 is 14.3 Å². The summed E-state index contributed by atoms with van der Waals surface area (Å²) in [6.45, 7) is 8.17. The Kier molecular flexibility index (Phi) is 7.61. The summed E-state index contributed by atoms with van der Waals surface area (Å²) in [7, 11) is 0. The minimum absolute atomic E-state index is 0.0260. The van der Waals surface area contributed by atoms with Crippen LogP contribution in [0.5, 0.6) is 5.75 Å². The number of rotatable bonds is 6. The first-order chi connectivity index (χ1) is 19.1. The summed E-state index contributed by atoms with van der Waals surface area (Å²) < 4.78 is 8.00. The molecule has 4 aromatic rings. The van der Waals surface area contributed by atoms with Gasteiger partial charge in [-0.3, -0.25) is 19.8 Å². The lowest BCUT2D eigenvalue weighted by Crippen LogP contribution is -2.54. The summed E-state index contributed by atoms with van der Waals surface area (Å²) in [4.78, 5) is 27.9. The molecule has 1 N–H and O–H groups in total. The van der Waals surface area contributed by atoms with Crippen molar-refractivity contribution in [3.63, 3.8) is 0 Å². The number of benzene rings is 3. The summed E-state index contributed by atoms with van der Waals surface area (Å²) in [6, 6.07) is 23.1. The van der Waals surface area contributed by atoms with E-state index in [4.69, 9.17) is 28.6 Å². The van der Waals surface area contributed by atoms with Crippen LogP contribution in [0.3, 0.4) is 0 Å². The van der Waals surface area contributed by atoms with E-state index in [1.54, 1.807) is 6.08 Å². The molecule has 0 aliphatic carbocycles. The van der Waals surface area contributed by atoms with E-state index >= 15 is 0 Å². The fourth-order valence-corrected chi connectivity index (χ4v) is 5.26. The van der Waals surface area contributed by atoms with Crippen LogP contribution in [0.4, 0.5) is 5.69 Å². The van der Waals surface area contributed by atoms with E-state index in [1.807, 2.05) is 100 Å². The zero-order valence-corrected chi connectivity index (χ0v) is 24.2. The average Bonchev–Trinajstić information content (AvgIpc) is 3.20. The number of ether oxygens (including phenoxy) is 1. The standard InChI is InChI=1S/C32H28ClN3O3S/c1-19-9-10-20(2)29(15-19)36-31(38)27(30(37)34-32(36)40)17-24-16-21(3)35(22(24)4)25-11-13-26(14-12-25)39-18-23-7-5-6-8-28(23)33/h5-17H,18H2,1-4H3,(H,34,37,40)/b27-17+. The fourth-order valence-electron chi connectivity index (χ4n) is 4.79. The Bertz CT molecular complexity index is 1690. The molecule has 1 aliphatic heterocycles. The SMILES string of the molecule is Cc1ccc(C)c(N2C(=O)/C(=C/c3cc(C)n(-c4ccc(OCc5ccccc5Cl)cc4)c3C)C(=O)NC2=S)c1. The van der Waals surface area contributed by atoms with Gasteiger partial charge in [0, 0.05) is 27.7 Å². The van der Waals surface area contributed by atoms with E-state index in [2.05, 4.69) is 9.88 Å². The molecule has 0 saturated carbocycles. The molecule has 2 heterocycles. The number of nitrogens with one attached hydrogen (secondary N) is 1. The maximum atomic E-state index is 13.6. The maximum absolute atomic E-state index is 13.6. The third-order valence-corrected chi connectivity index (χ3v) is 7.58. The topological polar surface area (TPSA) is 63.6 Å². The van der Waals surface area contributed by atoms with Crippen LogP contribution in [0.25, 0.3) is 11.8 Å². The van der Waals surface area contributed by atoms with Gasteiger partial charge in [-0.25, -0.2) is 0 Å². The van der Waals surface area contributed by atoms with Crippen molar-refractivity contribution in [3.05, 3.63) is 117 Å². The number of nitrogens with zero attached hydrogens (tertiary/aromatic N) is 2. The van der Waals surface area contributed by atoms with Crippen LogP contribution in [-0.4, -0.2) is 21.5 Å². The first kappa shape index (κ1) is 27.4. The number of halogens is 1. The summed E-state index contributed by atoms with van der Waals surface area (Å²) in [6.07, 6.45) is 1.64. The molecule has 8 heteroatoms. The van der Waals surface area contributed by atoms with Crippen LogP contribution in [0.2, 0.25) is 5.02 Å². The second-order valence-electron chi connectivity index (χ2n) is 9.78. The number of carbonyl (C=O) groups excluding carboxylic acids is 2. The van der Waals surface area contributed by atoms with E-state index in [-0.39, 0.29) is 10.7 Å². The van der Waals surface area contributed by atoms with Crippen molar-refractivity contribution in [3.8, 4) is 11.4 Å². The first-order valence-electron chi connectivity index (χ1n) is 12.8. The second kappa shape index (κ2) is 11.1. The number of aromatic nitrogens is 1. The van der Waals surface area contributed by atoms with E-state index < -0.39 is 11.8 Å². The van der Waals surface area contributed by atoms with Gasteiger partial charge in [0.1, 0.15) is 17.9 Å². The van der Waals surface area contributed by atoms with Gasteiger partial charge in [-0.2, -0.15) is 0 Å². The van der Waals surface area contributed by atoms with Crippen LogP contribution in [-0.2, 0) is 16.2 Å². The number of anilines is 1. The van der Waals surface area contributed by atoms with Gasteiger partial charge in [0.15, 0.2) is 5.11 Å². The van der Waals surface area contributed by atoms with Gasteiger partial charge < -0.3 is 9.30 Å². The van der Waals surface area contributed by atoms with Crippen molar-refractivity contribution in [2.75, 3.05) is 4.90 Å². The molecule has 3 aromatic carbocycles. The molecule has 0 radical (unpaired) electrons. The first-order valence-corrected chi connectivity index (χ1v) is 13.6. The molecule has 1 aromatic heterocycles. The molecular weight excluding hydrogens is 542 g/mol. The van der Waals surface area contributed by atoms with E-state index in [0.717, 1.165) is 45.1 Å². The zero-order chi connectivity index (χ0) is 28.6. The number of hydrogen-bond donors (Lipinski definition) is 1. The Morgan fingerprint density at radius 1 is 0.950 bits per heavy atom. The van der Waals surface area contributed by atoms with Crippen LogP contribution in [0, 0.1) is 27.7 Å². The number of amides is 2. The molecule has 0 spiro atoms. The zero-order valence-electron chi connectivity index (χ0n) is 22.6. The molecule has 5 rings (SSSR count). The van der Waals surface area contributed by atoms with Gasteiger partial charge in [0.05, 0.1) is 5.69 Å². The summed E-state index contributed by atoms with van der Waals surface area (Å²) in [5.74, 6) is -0.242. The molecule has 0 unspecified atom stereocenters. The Balaban J connectivity index is 1.42. The molecule has 2 amide bonds. The maximum Gasteiger partial charge on any atom is 0.270 e.